The summed E-state index contributed by atoms with van der Waals surface area (Å²) in [6.45, 7) is 4.74. The Morgan fingerprint density at radius 1 is 1.29 bits per heavy atom. The number of carbonyl (C=O) groups is 2. The largest absolute Gasteiger partial charge is 0.481 e. The second kappa shape index (κ2) is 6.03. The minimum atomic E-state index is -0.754. The molecular formula is C13H23NO3. The van der Waals surface area contributed by atoms with Gasteiger partial charge >= 0.3 is 5.97 Å². The van der Waals surface area contributed by atoms with Crippen molar-refractivity contribution >= 4 is 11.9 Å². The van der Waals surface area contributed by atoms with Crippen molar-refractivity contribution in [1.29, 1.82) is 0 Å². The molecule has 0 aromatic rings. The van der Waals surface area contributed by atoms with Gasteiger partial charge in [0, 0.05) is 19.4 Å². The van der Waals surface area contributed by atoms with E-state index >= 15 is 0 Å². The number of carboxylic acid groups (broad SMARTS) is 1. The molecule has 0 bridgehead atoms. The van der Waals surface area contributed by atoms with Gasteiger partial charge in [-0.1, -0.05) is 13.8 Å². The predicted octanol–water partition coefficient (Wildman–Crippen LogP) is 2.18. The summed E-state index contributed by atoms with van der Waals surface area (Å²) in [5.41, 5.74) is -0.0226. The van der Waals surface area contributed by atoms with Gasteiger partial charge in [-0.3, -0.25) is 9.59 Å². The maximum Gasteiger partial charge on any atom is 0.303 e. The molecule has 4 heteroatoms. The third-order valence-electron chi connectivity index (χ3n) is 3.31. The van der Waals surface area contributed by atoms with Gasteiger partial charge in [0.05, 0.1) is 0 Å². The second-order valence-corrected chi connectivity index (χ2v) is 5.81. The van der Waals surface area contributed by atoms with Gasteiger partial charge in [0.15, 0.2) is 0 Å². The summed E-state index contributed by atoms with van der Waals surface area (Å²) in [6.07, 6.45) is 4.73. The smallest absolute Gasteiger partial charge is 0.303 e. The number of hydrogen-bond acceptors (Lipinski definition) is 2. The summed E-state index contributed by atoms with van der Waals surface area (Å²) in [5.74, 6) is 0.00685. The minimum Gasteiger partial charge on any atom is -0.481 e. The first-order valence-corrected chi connectivity index (χ1v) is 6.37. The Morgan fingerprint density at radius 2 is 1.94 bits per heavy atom. The van der Waals surface area contributed by atoms with Crippen LogP contribution in [0.5, 0.6) is 0 Å². The molecule has 1 rings (SSSR count). The summed E-state index contributed by atoms with van der Waals surface area (Å²) in [7, 11) is 0. The lowest BCUT2D eigenvalue weighted by atomic mass is 9.84. The lowest BCUT2D eigenvalue weighted by Crippen LogP contribution is -2.28. The standard InChI is InChI=1S/C13H23NO3/c1-13(2,6-5-12(16)17)7-8-14-11(15)9-10-3-4-10/h10H,3-9H2,1-2H3,(H,14,15)(H,16,17). The number of carbonyl (C=O) groups excluding carboxylic acids is 1. The molecule has 0 spiro atoms. The van der Waals surface area contributed by atoms with Crippen molar-refractivity contribution in [2.24, 2.45) is 11.3 Å². The lowest BCUT2D eigenvalue weighted by Gasteiger charge is -2.23. The van der Waals surface area contributed by atoms with Crippen molar-refractivity contribution in [1.82, 2.24) is 5.32 Å². The van der Waals surface area contributed by atoms with Crippen LogP contribution in [-0.2, 0) is 9.59 Å². The van der Waals surface area contributed by atoms with Crippen LogP contribution in [0.15, 0.2) is 0 Å². The number of carboxylic acids is 1. The van der Waals surface area contributed by atoms with Crippen LogP contribution in [0.3, 0.4) is 0 Å². The number of hydrogen-bond donors (Lipinski definition) is 2. The Labute approximate surface area is 103 Å². The topological polar surface area (TPSA) is 66.4 Å². The summed E-state index contributed by atoms with van der Waals surface area (Å²) in [6, 6.07) is 0. The van der Waals surface area contributed by atoms with E-state index in [0.29, 0.717) is 25.3 Å². The highest BCUT2D eigenvalue weighted by molar-refractivity contribution is 5.76. The number of nitrogens with one attached hydrogen (secondary N) is 1. The molecule has 0 aromatic heterocycles. The Hall–Kier alpha value is -1.06. The van der Waals surface area contributed by atoms with E-state index in [1.807, 2.05) is 13.8 Å². The zero-order chi connectivity index (χ0) is 12.9. The Kier molecular flexibility index (Phi) is 4.97. The molecule has 0 aliphatic heterocycles. The van der Waals surface area contributed by atoms with Gasteiger partial charge in [0.1, 0.15) is 0 Å². The monoisotopic (exact) mass is 241 g/mol. The molecule has 0 atom stereocenters. The zero-order valence-corrected chi connectivity index (χ0v) is 10.8. The van der Waals surface area contributed by atoms with Crippen LogP contribution in [0.25, 0.3) is 0 Å². The highest BCUT2D eigenvalue weighted by atomic mass is 16.4. The normalized spacial score (nSPS) is 15.6. The van der Waals surface area contributed by atoms with E-state index in [-0.39, 0.29) is 17.7 Å². The summed E-state index contributed by atoms with van der Waals surface area (Å²) in [5, 5.41) is 11.5. The third kappa shape index (κ3) is 6.97. The molecule has 98 valence electrons. The summed E-state index contributed by atoms with van der Waals surface area (Å²) < 4.78 is 0. The molecule has 1 aliphatic rings. The first-order chi connectivity index (χ1) is 7.89. The Morgan fingerprint density at radius 3 is 2.47 bits per heavy atom. The van der Waals surface area contributed by atoms with E-state index in [2.05, 4.69) is 5.32 Å². The van der Waals surface area contributed by atoms with Crippen LogP contribution >= 0.6 is 0 Å². The van der Waals surface area contributed by atoms with Crippen LogP contribution in [0, 0.1) is 11.3 Å². The summed E-state index contributed by atoms with van der Waals surface area (Å²) in [4.78, 5) is 21.9. The van der Waals surface area contributed by atoms with E-state index in [9.17, 15) is 9.59 Å². The van der Waals surface area contributed by atoms with Crippen LogP contribution < -0.4 is 5.32 Å². The van der Waals surface area contributed by atoms with Crippen molar-refractivity contribution in [3.8, 4) is 0 Å². The van der Waals surface area contributed by atoms with Crippen molar-refractivity contribution in [2.45, 2.75) is 52.4 Å². The fourth-order valence-electron chi connectivity index (χ4n) is 1.77. The maximum absolute atomic E-state index is 11.4. The lowest BCUT2D eigenvalue weighted by molar-refractivity contribution is -0.137. The molecule has 2 N–H and O–H groups in total. The van der Waals surface area contributed by atoms with E-state index in [1.54, 1.807) is 0 Å². The number of rotatable bonds is 8. The van der Waals surface area contributed by atoms with Crippen LogP contribution in [0.4, 0.5) is 0 Å². The molecule has 0 aromatic carbocycles. The maximum atomic E-state index is 11.4. The van der Waals surface area contributed by atoms with Crippen molar-refractivity contribution in [3.05, 3.63) is 0 Å². The summed E-state index contributed by atoms with van der Waals surface area (Å²) >= 11 is 0. The van der Waals surface area contributed by atoms with Crippen molar-refractivity contribution < 1.29 is 14.7 Å². The molecule has 1 amide bonds. The third-order valence-corrected chi connectivity index (χ3v) is 3.31. The molecule has 1 fully saturated rings. The Bertz CT molecular complexity index is 282. The van der Waals surface area contributed by atoms with E-state index in [0.717, 1.165) is 6.42 Å². The number of aliphatic carboxylic acids is 1. The minimum absolute atomic E-state index is 0.0226. The molecule has 1 aliphatic carbocycles. The van der Waals surface area contributed by atoms with Gasteiger partial charge < -0.3 is 10.4 Å². The highest BCUT2D eigenvalue weighted by Gasteiger charge is 2.24. The molecule has 17 heavy (non-hydrogen) atoms. The molecule has 0 heterocycles. The first-order valence-electron chi connectivity index (χ1n) is 6.37. The van der Waals surface area contributed by atoms with Gasteiger partial charge in [-0.05, 0) is 37.0 Å². The van der Waals surface area contributed by atoms with Crippen LogP contribution in [0.1, 0.15) is 52.4 Å². The van der Waals surface area contributed by atoms with Crippen LogP contribution in [0.2, 0.25) is 0 Å². The SMILES string of the molecule is CC(C)(CCNC(=O)CC1CC1)CCC(=O)O. The average molecular weight is 241 g/mol. The van der Waals surface area contributed by atoms with Crippen molar-refractivity contribution in [2.75, 3.05) is 6.54 Å². The molecule has 0 radical (unpaired) electrons. The molecular weight excluding hydrogens is 218 g/mol. The predicted molar refractivity (Wildman–Crippen MR) is 65.6 cm³/mol. The average Bonchev–Trinajstić information content (AvgIpc) is 2.98. The van der Waals surface area contributed by atoms with Gasteiger partial charge in [0.25, 0.3) is 0 Å². The van der Waals surface area contributed by atoms with Gasteiger partial charge in [0.2, 0.25) is 5.91 Å². The fourth-order valence-corrected chi connectivity index (χ4v) is 1.77. The van der Waals surface area contributed by atoms with Gasteiger partial charge in [-0.25, -0.2) is 0 Å². The van der Waals surface area contributed by atoms with Crippen LogP contribution in [-0.4, -0.2) is 23.5 Å². The quantitative estimate of drug-likeness (QED) is 0.684. The molecule has 1 saturated carbocycles. The molecule has 4 nitrogen and oxygen atoms in total. The molecule has 0 saturated heterocycles. The van der Waals surface area contributed by atoms with Gasteiger partial charge in [-0.15, -0.1) is 0 Å². The first kappa shape index (κ1) is 14.0. The number of amides is 1. The van der Waals surface area contributed by atoms with E-state index < -0.39 is 5.97 Å². The van der Waals surface area contributed by atoms with E-state index in [1.165, 1.54) is 12.8 Å². The highest BCUT2D eigenvalue weighted by Crippen LogP contribution is 2.32. The van der Waals surface area contributed by atoms with Crippen molar-refractivity contribution in [3.63, 3.8) is 0 Å². The fraction of sp³-hybridized carbons (Fsp3) is 0.846. The van der Waals surface area contributed by atoms with Gasteiger partial charge in [-0.2, -0.15) is 0 Å². The molecule has 0 unspecified atom stereocenters. The second-order valence-electron chi connectivity index (χ2n) is 5.81. The Balaban J connectivity index is 2.10. The zero-order valence-electron chi connectivity index (χ0n) is 10.8. The van der Waals surface area contributed by atoms with E-state index in [4.69, 9.17) is 5.11 Å².